The SMILES string of the molecule is CCCNC(=O)N[C@H](F)C1(CCc2ccc(F)s2)CCN(C(C)(C)c2ccc(C)nc2)C1. The molecule has 0 spiro atoms. The molecular weight excluding hydrogens is 430 g/mol. The van der Waals surface area contributed by atoms with Crippen LogP contribution in [0.1, 0.15) is 56.2 Å². The van der Waals surface area contributed by atoms with Crippen molar-refractivity contribution in [1.29, 1.82) is 0 Å². The minimum absolute atomic E-state index is 0.232. The maximum Gasteiger partial charge on any atom is 0.317 e. The molecule has 2 aromatic heterocycles. The van der Waals surface area contributed by atoms with Crippen LogP contribution in [0, 0.1) is 17.5 Å². The molecule has 32 heavy (non-hydrogen) atoms. The molecule has 1 unspecified atom stereocenters. The van der Waals surface area contributed by atoms with Crippen molar-refractivity contribution in [2.75, 3.05) is 19.6 Å². The summed E-state index contributed by atoms with van der Waals surface area (Å²) in [6, 6.07) is 6.78. The number of thiophene rings is 1. The van der Waals surface area contributed by atoms with Crippen molar-refractivity contribution in [3.63, 3.8) is 0 Å². The summed E-state index contributed by atoms with van der Waals surface area (Å²) in [5.74, 6) is 0. The Morgan fingerprint density at radius 3 is 2.75 bits per heavy atom. The van der Waals surface area contributed by atoms with Gasteiger partial charge in [-0.2, -0.15) is 4.39 Å². The van der Waals surface area contributed by atoms with E-state index < -0.39 is 17.7 Å². The number of hydrogen-bond acceptors (Lipinski definition) is 4. The van der Waals surface area contributed by atoms with E-state index >= 15 is 4.39 Å². The van der Waals surface area contributed by atoms with Crippen LogP contribution < -0.4 is 10.6 Å². The fraction of sp³-hybridized carbons (Fsp3) is 0.583. The van der Waals surface area contributed by atoms with Gasteiger partial charge in [-0.05, 0) is 76.8 Å². The van der Waals surface area contributed by atoms with E-state index in [1.165, 1.54) is 6.07 Å². The highest BCUT2D eigenvalue weighted by Crippen LogP contribution is 2.44. The zero-order chi connectivity index (χ0) is 23.4. The molecule has 0 aromatic carbocycles. The third-order valence-electron chi connectivity index (χ3n) is 6.62. The Morgan fingerprint density at radius 1 is 1.34 bits per heavy atom. The molecule has 5 nitrogen and oxygen atoms in total. The minimum atomic E-state index is -1.50. The standard InChI is InChI=1S/C24H34F2N4OS/c1-5-13-27-22(31)29-21(26)24(11-10-19-8-9-20(25)32-19)12-14-30(16-24)23(3,4)18-7-6-17(2)28-15-18/h6-9,15,21H,5,10-14,16H2,1-4H3,(H2,27,29,31)/t21-,24?/m0/s1. The van der Waals surface area contributed by atoms with Gasteiger partial charge >= 0.3 is 6.03 Å². The van der Waals surface area contributed by atoms with Crippen LogP contribution in [-0.4, -0.2) is 41.8 Å². The molecule has 1 saturated heterocycles. The van der Waals surface area contributed by atoms with Crippen LogP contribution >= 0.6 is 11.3 Å². The monoisotopic (exact) mass is 464 g/mol. The van der Waals surface area contributed by atoms with Gasteiger partial charge in [-0.25, -0.2) is 9.18 Å². The Balaban J connectivity index is 1.79. The summed E-state index contributed by atoms with van der Waals surface area (Å²) in [7, 11) is 0. The lowest BCUT2D eigenvalue weighted by Crippen LogP contribution is -2.51. The molecule has 2 N–H and O–H groups in total. The minimum Gasteiger partial charge on any atom is -0.338 e. The summed E-state index contributed by atoms with van der Waals surface area (Å²) in [6.07, 6.45) is 2.88. The number of carbonyl (C=O) groups excluding carboxylic acids is 1. The number of hydrogen-bond donors (Lipinski definition) is 2. The number of aromatic nitrogens is 1. The number of urea groups is 1. The lowest BCUT2D eigenvalue weighted by Gasteiger charge is -2.39. The zero-order valence-corrected chi connectivity index (χ0v) is 20.2. The van der Waals surface area contributed by atoms with E-state index in [9.17, 15) is 9.18 Å². The van der Waals surface area contributed by atoms with Gasteiger partial charge in [0.05, 0.1) is 0 Å². The Bertz CT molecular complexity index is 902. The van der Waals surface area contributed by atoms with Crippen molar-refractivity contribution >= 4 is 17.4 Å². The molecular formula is C24H34F2N4OS. The maximum absolute atomic E-state index is 15.7. The summed E-state index contributed by atoms with van der Waals surface area (Å²) in [4.78, 5) is 19.8. The van der Waals surface area contributed by atoms with Crippen LogP contribution in [0.5, 0.6) is 0 Å². The number of nitrogens with one attached hydrogen (secondary N) is 2. The summed E-state index contributed by atoms with van der Waals surface area (Å²) >= 11 is 1.10. The molecule has 1 aliphatic heterocycles. The van der Waals surface area contributed by atoms with Crippen molar-refractivity contribution in [1.82, 2.24) is 20.5 Å². The average molecular weight is 465 g/mol. The highest BCUT2D eigenvalue weighted by atomic mass is 32.1. The van der Waals surface area contributed by atoms with Gasteiger partial charge in [-0.3, -0.25) is 9.88 Å². The van der Waals surface area contributed by atoms with Gasteiger partial charge < -0.3 is 10.6 Å². The molecule has 176 valence electrons. The topological polar surface area (TPSA) is 57.3 Å². The van der Waals surface area contributed by atoms with Crippen molar-refractivity contribution in [2.45, 2.75) is 65.2 Å². The quantitative estimate of drug-likeness (QED) is 0.504. The Hall–Kier alpha value is -2.06. The van der Waals surface area contributed by atoms with Gasteiger partial charge in [0.25, 0.3) is 0 Å². The van der Waals surface area contributed by atoms with Gasteiger partial charge in [-0.1, -0.05) is 13.0 Å². The molecule has 2 amide bonds. The summed E-state index contributed by atoms with van der Waals surface area (Å²) in [5.41, 5.74) is 0.944. The van der Waals surface area contributed by atoms with Gasteiger partial charge in [0, 0.05) is 40.8 Å². The van der Waals surface area contributed by atoms with Crippen LogP contribution in [0.2, 0.25) is 0 Å². The molecule has 2 aromatic rings. The largest absolute Gasteiger partial charge is 0.338 e. The van der Waals surface area contributed by atoms with E-state index in [1.54, 1.807) is 6.07 Å². The number of alkyl halides is 1. The number of likely N-dealkylation sites (tertiary alicyclic amines) is 1. The first-order valence-electron chi connectivity index (χ1n) is 11.3. The van der Waals surface area contributed by atoms with Crippen LogP contribution in [0.25, 0.3) is 0 Å². The lowest BCUT2D eigenvalue weighted by atomic mass is 9.80. The molecule has 0 radical (unpaired) electrons. The second-order valence-electron chi connectivity index (χ2n) is 9.25. The number of aryl methyl sites for hydroxylation is 2. The smallest absolute Gasteiger partial charge is 0.317 e. The Labute approximate surface area is 193 Å². The molecule has 0 aliphatic carbocycles. The summed E-state index contributed by atoms with van der Waals surface area (Å²) < 4.78 is 29.2. The van der Waals surface area contributed by atoms with Crippen LogP contribution in [0.4, 0.5) is 13.6 Å². The van der Waals surface area contributed by atoms with Crippen molar-refractivity contribution in [3.8, 4) is 0 Å². The average Bonchev–Trinajstić information content (AvgIpc) is 3.38. The second-order valence-corrected chi connectivity index (χ2v) is 10.4. The van der Waals surface area contributed by atoms with Crippen LogP contribution in [0.3, 0.4) is 0 Å². The first kappa shape index (κ1) is 24.6. The van der Waals surface area contributed by atoms with Crippen molar-refractivity contribution in [3.05, 3.63) is 51.7 Å². The van der Waals surface area contributed by atoms with E-state index in [2.05, 4.69) is 40.4 Å². The molecule has 0 bridgehead atoms. The van der Waals surface area contributed by atoms with E-state index in [4.69, 9.17) is 0 Å². The molecule has 2 atom stereocenters. The maximum atomic E-state index is 15.7. The van der Waals surface area contributed by atoms with Gasteiger partial charge in [0.2, 0.25) is 0 Å². The summed E-state index contributed by atoms with van der Waals surface area (Å²) in [5, 5.41) is 4.99. The van der Waals surface area contributed by atoms with E-state index in [1.807, 2.05) is 26.1 Å². The Morgan fingerprint density at radius 2 is 2.12 bits per heavy atom. The molecule has 0 saturated carbocycles. The highest BCUT2D eigenvalue weighted by molar-refractivity contribution is 7.10. The van der Waals surface area contributed by atoms with E-state index in [-0.39, 0.29) is 10.7 Å². The summed E-state index contributed by atoms with van der Waals surface area (Å²) in [6.45, 7) is 9.85. The normalized spacial score (nSPS) is 20.3. The number of carbonyl (C=O) groups is 1. The highest BCUT2D eigenvalue weighted by Gasteiger charge is 2.49. The number of amides is 2. The van der Waals surface area contributed by atoms with Crippen LogP contribution in [-0.2, 0) is 12.0 Å². The molecule has 1 fully saturated rings. The predicted molar refractivity (Wildman–Crippen MR) is 125 cm³/mol. The number of nitrogens with zero attached hydrogens (tertiary/aromatic N) is 2. The number of rotatable bonds is 9. The van der Waals surface area contributed by atoms with Gasteiger partial charge in [-0.15, -0.1) is 11.3 Å². The first-order valence-corrected chi connectivity index (χ1v) is 12.1. The van der Waals surface area contributed by atoms with Gasteiger partial charge in [0.15, 0.2) is 11.4 Å². The van der Waals surface area contributed by atoms with E-state index in [0.29, 0.717) is 38.9 Å². The predicted octanol–water partition coefficient (Wildman–Crippen LogP) is 5.16. The van der Waals surface area contributed by atoms with Crippen LogP contribution in [0.15, 0.2) is 30.5 Å². The van der Waals surface area contributed by atoms with Crippen molar-refractivity contribution < 1.29 is 13.6 Å². The first-order chi connectivity index (χ1) is 15.2. The van der Waals surface area contributed by atoms with Gasteiger partial charge in [0.1, 0.15) is 0 Å². The lowest BCUT2D eigenvalue weighted by molar-refractivity contribution is 0.0582. The number of halogens is 2. The number of pyridine rings is 1. The fourth-order valence-electron chi connectivity index (χ4n) is 4.34. The zero-order valence-electron chi connectivity index (χ0n) is 19.4. The third kappa shape index (κ3) is 5.64. The Kier molecular flexibility index (Phi) is 7.88. The fourth-order valence-corrected chi connectivity index (χ4v) is 5.07. The molecule has 3 rings (SSSR count). The van der Waals surface area contributed by atoms with Crippen molar-refractivity contribution in [2.24, 2.45) is 5.41 Å². The second kappa shape index (κ2) is 10.3. The molecule has 3 heterocycles. The van der Waals surface area contributed by atoms with E-state index in [0.717, 1.165) is 33.9 Å². The molecule has 1 aliphatic rings. The molecule has 8 heteroatoms. The third-order valence-corrected chi connectivity index (χ3v) is 7.56.